The second-order valence-electron chi connectivity index (χ2n) is 3.06. The third-order valence-corrected chi connectivity index (χ3v) is 1.86. The first-order chi connectivity index (χ1) is 6.45. The highest BCUT2D eigenvalue weighted by Crippen LogP contribution is 2.24. The molecule has 5 nitrogen and oxygen atoms in total. The lowest BCUT2D eigenvalue weighted by Crippen LogP contribution is -2.31. The second-order valence-corrected chi connectivity index (χ2v) is 3.06. The summed E-state index contributed by atoms with van der Waals surface area (Å²) in [6.07, 6.45) is 1.24. The summed E-state index contributed by atoms with van der Waals surface area (Å²) in [7, 11) is 0. The zero-order valence-corrected chi connectivity index (χ0v) is 7.98. The van der Waals surface area contributed by atoms with Crippen LogP contribution in [0, 0.1) is 22.2 Å². The van der Waals surface area contributed by atoms with Crippen LogP contribution in [0.2, 0.25) is 0 Å². The molecule has 0 radical (unpaired) electrons. The maximum atomic E-state index is 11.3. The molecule has 0 N–H and O–H groups in total. The van der Waals surface area contributed by atoms with E-state index in [1.54, 1.807) is 13.8 Å². The maximum Gasteiger partial charge on any atom is 0.344 e. The van der Waals surface area contributed by atoms with Gasteiger partial charge >= 0.3 is 5.69 Å². The Morgan fingerprint density at radius 1 is 1.64 bits per heavy atom. The van der Waals surface area contributed by atoms with E-state index in [1.165, 1.54) is 12.3 Å². The lowest BCUT2D eigenvalue weighted by Gasteiger charge is -2.05. The minimum absolute atomic E-state index is 0.0231. The quantitative estimate of drug-likeness (QED) is 0.310. The van der Waals surface area contributed by atoms with Gasteiger partial charge < -0.3 is 5.21 Å². The largest absolute Gasteiger partial charge is 0.618 e. The first kappa shape index (κ1) is 10.2. The Bertz CT molecular complexity index is 374. The first-order valence-electron chi connectivity index (χ1n) is 3.98. The summed E-state index contributed by atoms with van der Waals surface area (Å²) >= 11 is 0. The fourth-order valence-corrected chi connectivity index (χ4v) is 1.24. The van der Waals surface area contributed by atoms with Crippen LogP contribution < -0.4 is 4.73 Å². The number of nitrogens with zero attached hydrogens (tertiary/aromatic N) is 2. The molecule has 0 unspecified atom stereocenters. The SMILES string of the molecule is C=C(C)c1c([N+](=O)[O-])c(C)cc[n+]1[O-]. The van der Waals surface area contributed by atoms with E-state index < -0.39 is 4.92 Å². The number of aromatic nitrogens is 1. The average molecular weight is 194 g/mol. The zero-order chi connectivity index (χ0) is 10.9. The van der Waals surface area contributed by atoms with Crippen LogP contribution >= 0.6 is 0 Å². The summed E-state index contributed by atoms with van der Waals surface area (Å²) in [6.45, 7) is 6.70. The number of aryl methyl sites for hydroxylation is 1. The van der Waals surface area contributed by atoms with Crippen molar-refractivity contribution in [3.63, 3.8) is 0 Å². The summed E-state index contributed by atoms with van der Waals surface area (Å²) in [5.41, 5.74) is 0.695. The van der Waals surface area contributed by atoms with Crippen LogP contribution in [0.1, 0.15) is 18.2 Å². The van der Waals surface area contributed by atoms with Gasteiger partial charge in [-0.1, -0.05) is 6.58 Å². The van der Waals surface area contributed by atoms with E-state index in [0.29, 0.717) is 15.9 Å². The highest BCUT2D eigenvalue weighted by molar-refractivity contribution is 5.65. The summed E-state index contributed by atoms with van der Waals surface area (Å²) in [6, 6.07) is 1.41. The molecular formula is C9H10N2O3. The van der Waals surface area contributed by atoms with E-state index in [-0.39, 0.29) is 11.4 Å². The van der Waals surface area contributed by atoms with Crippen LogP contribution in [0.25, 0.3) is 5.57 Å². The van der Waals surface area contributed by atoms with Gasteiger partial charge in [-0.05, 0) is 13.8 Å². The fraction of sp³-hybridized carbons (Fsp3) is 0.222. The number of hydrogen-bond donors (Lipinski definition) is 0. The predicted octanol–water partition coefficient (Wildman–Crippen LogP) is 1.57. The first-order valence-corrected chi connectivity index (χ1v) is 3.98. The van der Waals surface area contributed by atoms with Crippen molar-refractivity contribution >= 4 is 11.3 Å². The highest BCUT2D eigenvalue weighted by atomic mass is 16.6. The van der Waals surface area contributed by atoms with Crippen molar-refractivity contribution in [2.45, 2.75) is 13.8 Å². The maximum absolute atomic E-state index is 11.3. The van der Waals surface area contributed by atoms with E-state index in [9.17, 15) is 15.3 Å². The van der Waals surface area contributed by atoms with Gasteiger partial charge in [0.05, 0.1) is 4.92 Å². The lowest BCUT2D eigenvalue weighted by atomic mass is 10.1. The Labute approximate surface area is 81.0 Å². The molecule has 0 saturated heterocycles. The van der Waals surface area contributed by atoms with Crippen molar-refractivity contribution in [3.8, 4) is 0 Å². The summed E-state index contributed by atoms with van der Waals surface area (Å²) in [5.74, 6) is 0. The third kappa shape index (κ3) is 1.56. The molecule has 0 saturated carbocycles. The summed E-state index contributed by atoms with van der Waals surface area (Å²) in [5, 5.41) is 22.0. The Balaban J connectivity index is 3.58. The van der Waals surface area contributed by atoms with Crippen molar-refractivity contribution in [2.24, 2.45) is 0 Å². The molecule has 0 amide bonds. The molecule has 0 fully saturated rings. The summed E-state index contributed by atoms with van der Waals surface area (Å²) < 4.78 is 0.466. The number of nitro groups is 1. The van der Waals surface area contributed by atoms with Gasteiger partial charge in [0.15, 0.2) is 6.20 Å². The standard InChI is InChI=1S/C9H10N2O3/c1-6(2)8-9(11(13)14)7(3)4-5-10(8)12/h4-5H,1H2,2-3H3. The predicted molar refractivity (Wildman–Crippen MR) is 51.5 cm³/mol. The van der Waals surface area contributed by atoms with Crippen molar-refractivity contribution in [3.05, 3.63) is 45.4 Å². The Morgan fingerprint density at radius 3 is 2.57 bits per heavy atom. The molecule has 0 bridgehead atoms. The van der Waals surface area contributed by atoms with Gasteiger partial charge in [-0.3, -0.25) is 10.1 Å². The molecule has 1 heterocycles. The molecule has 74 valence electrons. The molecular weight excluding hydrogens is 184 g/mol. The van der Waals surface area contributed by atoms with E-state index >= 15 is 0 Å². The van der Waals surface area contributed by atoms with E-state index in [4.69, 9.17) is 0 Å². The average Bonchev–Trinajstić information content (AvgIpc) is 2.07. The molecule has 0 atom stereocenters. The van der Waals surface area contributed by atoms with E-state index in [1.807, 2.05) is 0 Å². The molecule has 0 aromatic carbocycles. The minimum Gasteiger partial charge on any atom is -0.618 e. The molecule has 0 aliphatic heterocycles. The van der Waals surface area contributed by atoms with Gasteiger partial charge in [0.1, 0.15) is 0 Å². The zero-order valence-electron chi connectivity index (χ0n) is 7.98. The topological polar surface area (TPSA) is 70.1 Å². The fourth-order valence-electron chi connectivity index (χ4n) is 1.24. The Morgan fingerprint density at radius 2 is 2.21 bits per heavy atom. The molecule has 1 aromatic heterocycles. The highest BCUT2D eigenvalue weighted by Gasteiger charge is 2.25. The number of allylic oxidation sites excluding steroid dienone is 1. The van der Waals surface area contributed by atoms with Gasteiger partial charge in [-0.25, -0.2) is 0 Å². The monoisotopic (exact) mass is 194 g/mol. The number of hydrogen-bond acceptors (Lipinski definition) is 3. The lowest BCUT2D eigenvalue weighted by molar-refractivity contribution is -0.612. The molecule has 0 spiro atoms. The Kier molecular flexibility index (Phi) is 2.51. The Hall–Kier alpha value is -1.91. The molecule has 14 heavy (non-hydrogen) atoms. The van der Waals surface area contributed by atoms with Crippen molar-refractivity contribution in [1.29, 1.82) is 0 Å². The van der Waals surface area contributed by atoms with Crippen LogP contribution in [-0.4, -0.2) is 4.92 Å². The number of rotatable bonds is 2. The smallest absolute Gasteiger partial charge is 0.344 e. The second kappa shape index (κ2) is 3.45. The van der Waals surface area contributed by atoms with Crippen molar-refractivity contribution in [1.82, 2.24) is 0 Å². The van der Waals surface area contributed by atoms with Crippen LogP contribution in [-0.2, 0) is 0 Å². The molecule has 5 heteroatoms. The van der Waals surface area contributed by atoms with Gasteiger partial charge in [-0.15, -0.1) is 0 Å². The molecule has 1 rings (SSSR count). The van der Waals surface area contributed by atoms with Gasteiger partial charge in [0.2, 0.25) is 0 Å². The van der Waals surface area contributed by atoms with Crippen molar-refractivity contribution in [2.75, 3.05) is 0 Å². The molecule has 1 aromatic rings. The van der Waals surface area contributed by atoms with Crippen LogP contribution in [0.15, 0.2) is 18.8 Å². The van der Waals surface area contributed by atoms with Crippen molar-refractivity contribution < 1.29 is 9.65 Å². The van der Waals surface area contributed by atoms with Crippen LogP contribution in [0.5, 0.6) is 0 Å². The van der Waals surface area contributed by atoms with E-state index in [0.717, 1.165) is 0 Å². The number of pyridine rings is 1. The van der Waals surface area contributed by atoms with Gasteiger partial charge in [-0.2, -0.15) is 4.73 Å². The van der Waals surface area contributed by atoms with Gasteiger partial charge in [0, 0.05) is 17.2 Å². The van der Waals surface area contributed by atoms with Crippen LogP contribution in [0.3, 0.4) is 0 Å². The van der Waals surface area contributed by atoms with Gasteiger partial charge in [0.25, 0.3) is 5.69 Å². The normalized spacial score (nSPS) is 9.86. The third-order valence-electron chi connectivity index (χ3n) is 1.86. The minimum atomic E-state index is -0.562. The summed E-state index contributed by atoms with van der Waals surface area (Å²) in [4.78, 5) is 10.1. The van der Waals surface area contributed by atoms with E-state index in [2.05, 4.69) is 6.58 Å². The molecule has 0 aliphatic rings. The molecule has 0 aliphatic carbocycles. The van der Waals surface area contributed by atoms with Crippen LogP contribution in [0.4, 0.5) is 5.69 Å².